The van der Waals surface area contributed by atoms with Crippen LogP contribution >= 0.6 is 0 Å². The lowest BCUT2D eigenvalue weighted by Crippen LogP contribution is -2.12. The number of carbonyl (C=O) groups excluding carboxylic acids is 1. The zero-order valence-electron chi connectivity index (χ0n) is 8.63. The molecule has 0 fully saturated rings. The van der Waals surface area contributed by atoms with Gasteiger partial charge in [0.25, 0.3) is 0 Å². The van der Waals surface area contributed by atoms with Crippen molar-refractivity contribution in [1.82, 2.24) is 0 Å². The van der Waals surface area contributed by atoms with Crippen LogP contribution < -0.4 is 11.1 Å². The van der Waals surface area contributed by atoms with Gasteiger partial charge in [0, 0.05) is 19.2 Å². The van der Waals surface area contributed by atoms with E-state index in [9.17, 15) is 4.79 Å². The molecule has 1 rings (SSSR count). The van der Waals surface area contributed by atoms with Gasteiger partial charge in [0.05, 0.1) is 0 Å². The molecule has 0 spiro atoms. The summed E-state index contributed by atoms with van der Waals surface area (Å²) in [5.74, 6) is -0.0550. The van der Waals surface area contributed by atoms with Crippen LogP contribution in [0.15, 0.2) is 18.2 Å². The Bertz CT molecular complexity index is 312. The van der Waals surface area contributed by atoms with E-state index in [1.807, 2.05) is 18.2 Å². The van der Waals surface area contributed by atoms with Gasteiger partial charge in [-0.1, -0.05) is 25.1 Å². The van der Waals surface area contributed by atoms with E-state index in [1.165, 1.54) is 6.92 Å². The monoisotopic (exact) mass is 192 g/mol. The Kier molecular flexibility index (Phi) is 3.65. The molecular formula is C11H16N2O. The van der Waals surface area contributed by atoms with Gasteiger partial charge >= 0.3 is 0 Å². The second kappa shape index (κ2) is 4.77. The molecule has 3 N–H and O–H groups in total. The molecule has 0 aliphatic rings. The highest BCUT2D eigenvalue weighted by Gasteiger charge is 2.06. The normalized spacial score (nSPS) is 9.93. The lowest BCUT2D eigenvalue weighted by atomic mass is 10.0. The molecule has 0 radical (unpaired) electrons. The maximum Gasteiger partial charge on any atom is 0.221 e. The highest BCUT2D eigenvalue weighted by atomic mass is 16.1. The van der Waals surface area contributed by atoms with Gasteiger partial charge in [0.15, 0.2) is 0 Å². The topological polar surface area (TPSA) is 55.1 Å². The first-order valence-electron chi connectivity index (χ1n) is 4.77. The van der Waals surface area contributed by atoms with Gasteiger partial charge in [-0.2, -0.15) is 0 Å². The summed E-state index contributed by atoms with van der Waals surface area (Å²) in [6.45, 7) is 4.01. The number of anilines is 1. The average Bonchev–Trinajstić information content (AvgIpc) is 2.17. The first kappa shape index (κ1) is 10.7. The van der Waals surface area contributed by atoms with Crippen molar-refractivity contribution in [3.05, 3.63) is 29.3 Å². The number of amides is 1. The largest absolute Gasteiger partial charge is 0.326 e. The van der Waals surface area contributed by atoms with E-state index in [-0.39, 0.29) is 5.91 Å². The number of nitrogens with two attached hydrogens (primary N) is 1. The second-order valence-electron chi connectivity index (χ2n) is 3.19. The Morgan fingerprint density at radius 1 is 1.43 bits per heavy atom. The average molecular weight is 192 g/mol. The van der Waals surface area contributed by atoms with E-state index in [0.29, 0.717) is 6.54 Å². The van der Waals surface area contributed by atoms with Crippen molar-refractivity contribution in [2.24, 2.45) is 5.73 Å². The van der Waals surface area contributed by atoms with Gasteiger partial charge in [-0.05, 0) is 17.5 Å². The molecule has 0 heterocycles. The van der Waals surface area contributed by atoms with Gasteiger partial charge in [-0.25, -0.2) is 0 Å². The van der Waals surface area contributed by atoms with Crippen LogP contribution in [0.1, 0.15) is 25.0 Å². The van der Waals surface area contributed by atoms with E-state index in [0.717, 1.165) is 23.2 Å². The van der Waals surface area contributed by atoms with Crippen LogP contribution in [-0.2, 0) is 17.8 Å². The summed E-state index contributed by atoms with van der Waals surface area (Å²) in [7, 11) is 0. The van der Waals surface area contributed by atoms with E-state index in [2.05, 4.69) is 12.2 Å². The number of benzene rings is 1. The number of aryl methyl sites for hydroxylation is 1. The van der Waals surface area contributed by atoms with Crippen LogP contribution in [0.5, 0.6) is 0 Å². The molecule has 14 heavy (non-hydrogen) atoms. The van der Waals surface area contributed by atoms with Crippen LogP contribution in [0.25, 0.3) is 0 Å². The molecule has 0 bridgehead atoms. The molecule has 0 saturated heterocycles. The van der Waals surface area contributed by atoms with Crippen molar-refractivity contribution < 1.29 is 4.79 Å². The number of rotatable bonds is 3. The Hall–Kier alpha value is -1.35. The molecule has 0 aliphatic heterocycles. The minimum atomic E-state index is -0.0550. The Morgan fingerprint density at radius 2 is 2.07 bits per heavy atom. The molecule has 76 valence electrons. The highest BCUT2D eigenvalue weighted by molar-refractivity contribution is 5.90. The SMILES string of the molecule is CCc1cccc(CN)c1NC(C)=O. The number of para-hydroxylation sites is 1. The lowest BCUT2D eigenvalue weighted by Gasteiger charge is -2.12. The minimum absolute atomic E-state index is 0.0550. The van der Waals surface area contributed by atoms with Crippen molar-refractivity contribution in [1.29, 1.82) is 0 Å². The molecule has 0 atom stereocenters. The summed E-state index contributed by atoms with van der Waals surface area (Å²) >= 11 is 0. The summed E-state index contributed by atoms with van der Waals surface area (Å²) < 4.78 is 0. The van der Waals surface area contributed by atoms with Gasteiger partial charge in [-0.3, -0.25) is 4.79 Å². The predicted octanol–water partition coefficient (Wildman–Crippen LogP) is 1.67. The zero-order valence-corrected chi connectivity index (χ0v) is 8.63. The van der Waals surface area contributed by atoms with Crippen molar-refractivity contribution in [3.63, 3.8) is 0 Å². The Morgan fingerprint density at radius 3 is 2.57 bits per heavy atom. The fraction of sp³-hybridized carbons (Fsp3) is 0.364. The molecule has 0 unspecified atom stereocenters. The van der Waals surface area contributed by atoms with Crippen molar-refractivity contribution in [3.8, 4) is 0 Å². The maximum absolute atomic E-state index is 11.0. The summed E-state index contributed by atoms with van der Waals surface area (Å²) in [6.07, 6.45) is 0.892. The van der Waals surface area contributed by atoms with Gasteiger partial charge < -0.3 is 11.1 Å². The number of hydrogen-bond acceptors (Lipinski definition) is 2. The summed E-state index contributed by atoms with van der Waals surface area (Å²) in [5, 5.41) is 2.82. The zero-order chi connectivity index (χ0) is 10.6. The smallest absolute Gasteiger partial charge is 0.221 e. The summed E-state index contributed by atoms with van der Waals surface area (Å²) in [5.41, 5.74) is 8.59. The third-order valence-electron chi connectivity index (χ3n) is 2.14. The van der Waals surface area contributed by atoms with Gasteiger partial charge in [0.1, 0.15) is 0 Å². The molecule has 0 saturated carbocycles. The molecule has 0 aromatic heterocycles. The lowest BCUT2D eigenvalue weighted by molar-refractivity contribution is -0.114. The fourth-order valence-electron chi connectivity index (χ4n) is 1.45. The number of carbonyl (C=O) groups is 1. The Balaban J connectivity index is 3.12. The summed E-state index contributed by atoms with van der Waals surface area (Å²) in [4.78, 5) is 11.0. The minimum Gasteiger partial charge on any atom is -0.326 e. The first-order valence-corrected chi connectivity index (χ1v) is 4.77. The van der Waals surface area contributed by atoms with E-state index in [4.69, 9.17) is 5.73 Å². The van der Waals surface area contributed by atoms with Crippen LogP contribution in [-0.4, -0.2) is 5.91 Å². The number of hydrogen-bond donors (Lipinski definition) is 2. The van der Waals surface area contributed by atoms with Crippen LogP contribution in [0.4, 0.5) is 5.69 Å². The van der Waals surface area contributed by atoms with Crippen molar-refractivity contribution >= 4 is 11.6 Å². The van der Waals surface area contributed by atoms with Crippen molar-refractivity contribution in [2.75, 3.05) is 5.32 Å². The fourth-order valence-corrected chi connectivity index (χ4v) is 1.45. The third-order valence-corrected chi connectivity index (χ3v) is 2.14. The quantitative estimate of drug-likeness (QED) is 0.765. The number of nitrogens with one attached hydrogen (secondary N) is 1. The van der Waals surface area contributed by atoms with Gasteiger partial charge in [-0.15, -0.1) is 0 Å². The molecule has 0 aliphatic carbocycles. The third kappa shape index (κ3) is 2.33. The maximum atomic E-state index is 11.0. The standard InChI is InChI=1S/C11H16N2O/c1-3-9-5-4-6-10(7-12)11(9)13-8(2)14/h4-6H,3,7,12H2,1-2H3,(H,13,14). The predicted molar refractivity (Wildman–Crippen MR) is 58.0 cm³/mol. The van der Waals surface area contributed by atoms with Gasteiger partial charge in [0.2, 0.25) is 5.91 Å². The second-order valence-corrected chi connectivity index (χ2v) is 3.19. The Labute approximate surface area is 84.3 Å². The molecule has 3 heteroatoms. The van der Waals surface area contributed by atoms with E-state index >= 15 is 0 Å². The molecule has 1 aromatic carbocycles. The van der Waals surface area contributed by atoms with Crippen LogP contribution in [0, 0.1) is 0 Å². The first-order chi connectivity index (χ1) is 6.69. The molecule has 1 amide bonds. The van der Waals surface area contributed by atoms with Crippen LogP contribution in [0.3, 0.4) is 0 Å². The van der Waals surface area contributed by atoms with Crippen molar-refractivity contribution in [2.45, 2.75) is 26.8 Å². The molecular weight excluding hydrogens is 176 g/mol. The molecule has 3 nitrogen and oxygen atoms in total. The van der Waals surface area contributed by atoms with Crippen LogP contribution in [0.2, 0.25) is 0 Å². The van der Waals surface area contributed by atoms with E-state index in [1.54, 1.807) is 0 Å². The van der Waals surface area contributed by atoms with E-state index < -0.39 is 0 Å². The summed E-state index contributed by atoms with van der Waals surface area (Å²) in [6, 6.07) is 5.90. The highest BCUT2D eigenvalue weighted by Crippen LogP contribution is 2.21. The molecule has 1 aromatic rings.